The Bertz CT molecular complexity index is 3480. The van der Waals surface area contributed by atoms with Crippen molar-refractivity contribution in [2.75, 3.05) is 9.80 Å². The first-order valence-electron chi connectivity index (χ1n) is 24.9. The molecule has 0 bridgehead atoms. The van der Waals surface area contributed by atoms with Gasteiger partial charge in [-0.1, -0.05) is 114 Å². The van der Waals surface area contributed by atoms with Gasteiger partial charge < -0.3 is 18.6 Å². The lowest BCUT2D eigenvalue weighted by Gasteiger charge is -2.26. The van der Waals surface area contributed by atoms with Gasteiger partial charge in [-0.3, -0.25) is 0 Å². The highest BCUT2D eigenvalue weighted by Crippen LogP contribution is 2.47. The van der Waals surface area contributed by atoms with Gasteiger partial charge >= 0.3 is 0 Å². The number of anilines is 6. The van der Waals surface area contributed by atoms with Crippen molar-refractivity contribution in [3.63, 3.8) is 0 Å². The zero-order valence-electron chi connectivity index (χ0n) is 39.5. The summed E-state index contributed by atoms with van der Waals surface area (Å²) >= 11 is 0. The first-order valence-corrected chi connectivity index (χ1v) is 24.9. The molecule has 0 unspecified atom stereocenters. The predicted octanol–water partition coefficient (Wildman–Crippen LogP) is 19.1. The second kappa shape index (κ2) is 17.3. The summed E-state index contributed by atoms with van der Waals surface area (Å²) in [5, 5.41) is 11.5. The summed E-state index contributed by atoms with van der Waals surface area (Å²) in [6.07, 6.45) is 8.61. The van der Waals surface area contributed by atoms with Gasteiger partial charge in [0.15, 0.2) is 0 Å². The van der Waals surface area contributed by atoms with Crippen LogP contribution in [0.3, 0.4) is 0 Å². The lowest BCUT2D eigenvalue weighted by Crippen LogP contribution is -2.10. The summed E-state index contributed by atoms with van der Waals surface area (Å²) in [5.41, 5.74) is 15.8. The quantitative estimate of drug-likeness (QED) is 0.102. The summed E-state index contributed by atoms with van der Waals surface area (Å²) in [6.45, 7) is 8.98. The number of benzene rings is 10. The molecule has 0 atom stereocenters. The van der Waals surface area contributed by atoms with E-state index in [1.165, 1.54) is 43.8 Å². The van der Waals surface area contributed by atoms with Crippen LogP contribution >= 0.6 is 0 Å². The Hall–Kier alpha value is -7.56. The third-order valence-electron chi connectivity index (χ3n) is 14.1. The number of fused-ring (bicyclic) bond motifs is 8. The van der Waals surface area contributed by atoms with Crippen LogP contribution in [0.25, 0.3) is 76.2 Å². The molecule has 0 saturated heterocycles. The second-order valence-corrected chi connectivity index (χ2v) is 18.8. The topological polar surface area (TPSA) is 32.8 Å². The Morgan fingerprint density at radius 2 is 0.632 bits per heavy atom. The van der Waals surface area contributed by atoms with Crippen molar-refractivity contribution in [3.05, 3.63) is 192 Å². The molecule has 0 amide bonds. The molecule has 0 fully saturated rings. The van der Waals surface area contributed by atoms with Gasteiger partial charge in [0.25, 0.3) is 0 Å². The summed E-state index contributed by atoms with van der Waals surface area (Å²) in [7, 11) is 0. The van der Waals surface area contributed by atoms with Crippen molar-refractivity contribution in [2.45, 2.75) is 79.1 Å². The average molecular weight is 885 g/mol. The number of nitrogens with zero attached hydrogens (tertiary/aromatic N) is 2. The van der Waals surface area contributed by atoms with E-state index in [0.29, 0.717) is 0 Å². The summed E-state index contributed by atoms with van der Waals surface area (Å²) < 4.78 is 14.1. The van der Waals surface area contributed by atoms with Crippen LogP contribution in [-0.2, 0) is 25.7 Å². The van der Waals surface area contributed by atoms with Gasteiger partial charge in [0.2, 0.25) is 0 Å². The molecule has 0 N–H and O–H groups in total. The van der Waals surface area contributed by atoms with E-state index >= 15 is 0 Å². The smallest absolute Gasteiger partial charge is 0.143 e. The molecule has 0 radical (unpaired) electrons. The van der Waals surface area contributed by atoms with Crippen molar-refractivity contribution >= 4 is 110 Å². The third-order valence-corrected chi connectivity index (χ3v) is 14.1. The minimum absolute atomic E-state index is 0.880. The van der Waals surface area contributed by atoms with Gasteiger partial charge in [-0.05, 0) is 156 Å². The van der Waals surface area contributed by atoms with Crippen LogP contribution in [0.5, 0.6) is 0 Å². The molecular weight excluding hydrogens is 829 g/mol. The Morgan fingerprint density at radius 1 is 0.309 bits per heavy atom. The van der Waals surface area contributed by atoms with E-state index < -0.39 is 0 Å². The zero-order valence-corrected chi connectivity index (χ0v) is 39.5. The molecule has 4 nitrogen and oxygen atoms in total. The highest BCUT2D eigenvalue weighted by atomic mass is 16.3. The molecule has 0 aliphatic carbocycles. The van der Waals surface area contributed by atoms with Crippen LogP contribution in [-0.4, -0.2) is 0 Å². The predicted molar refractivity (Wildman–Crippen MR) is 290 cm³/mol. The highest BCUT2D eigenvalue weighted by molar-refractivity contribution is 6.34. The van der Waals surface area contributed by atoms with E-state index in [2.05, 4.69) is 207 Å². The van der Waals surface area contributed by atoms with E-state index in [-0.39, 0.29) is 0 Å². The molecule has 12 rings (SSSR count). The highest BCUT2D eigenvalue weighted by Gasteiger charge is 2.23. The van der Waals surface area contributed by atoms with Gasteiger partial charge in [0.1, 0.15) is 22.3 Å². The van der Waals surface area contributed by atoms with Crippen LogP contribution in [0.4, 0.5) is 34.1 Å². The standard InChI is InChI=1S/C64H56N2O2/c1-5-13-41-17-9-21-47(33-41)65(48-22-10-18-42(34-48)14-6-2)51-27-31-53-57-37-45-26-30-56-62-46(25-29-55(61(45)62)63(57)67-59(53)39-51)38-58-54-32-28-52(40-60(54)68-64(56)58)66(49-23-11-19-43(35-49)15-7-3)50-24-12-20-44(36-50)16-8-4/h9-12,17-40H,5-8,13-16H2,1-4H3. The molecule has 0 aliphatic rings. The van der Waals surface area contributed by atoms with Gasteiger partial charge in [-0.15, -0.1) is 0 Å². The molecule has 2 aromatic heterocycles. The van der Waals surface area contributed by atoms with Crippen molar-refractivity contribution in [3.8, 4) is 0 Å². The molecule has 0 spiro atoms. The van der Waals surface area contributed by atoms with Crippen molar-refractivity contribution in [1.29, 1.82) is 0 Å². The molecular formula is C64H56N2O2. The van der Waals surface area contributed by atoms with Crippen LogP contribution < -0.4 is 9.80 Å². The van der Waals surface area contributed by atoms with Crippen molar-refractivity contribution < 1.29 is 8.83 Å². The molecule has 68 heavy (non-hydrogen) atoms. The normalized spacial score (nSPS) is 12.0. The summed E-state index contributed by atoms with van der Waals surface area (Å²) in [5.74, 6) is 0. The SMILES string of the molecule is CCCc1cccc(N(c2cccc(CCC)c2)c2ccc3c(c2)oc2c3cc3ccc4c5oc6cc(N(c7cccc(CCC)c7)c7cccc(CCC)c7)ccc6c5cc5ccc2c3c54)c1. The first kappa shape index (κ1) is 41.8. The fraction of sp³-hybridized carbons (Fsp3) is 0.188. The zero-order chi connectivity index (χ0) is 45.9. The third kappa shape index (κ3) is 7.13. The minimum atomic E-state index is 0.880. The largest absolute Gasteiger partial charge is 0.455 e. The van der Waals surface area contributed by atoms with Crippen LogP contribution in [0, 0.1) is 0 Å². The number of rotatable bonds is 14. The number of aryl methyl sites for hydroxylation is 4. The van der Waals surface area contributed by atoms with Crippen LogP contribution in [0.2, 0.25) is 0 Å². The maximum absolute atomic E-state index is 7.03. The van der Waals surface area contributed by atoms with E-state index in [0.717, 1.165) is 140 Å². The Balaban J connectivity index is 0.995. The molecule has 0 saturated carbocycles. The molecule has 2 heterocycles. The minimum Gasteiger partial charge on any atom is -0.455 e. The number of hydrogen-bond acceptors (Lipinski definition) is 4. The fourth-order valence-electron chi connectivity index (χ4n) is 11.1. The molecule has 334 valence electrons. The molecule has 4 heteroatoms. The van der Waals surface area contributed by atoms with E-state index in [9.17, 15) is 0 Å². The van der Waals surface area contributed by atoms with Crippen LogP contribution in [0.15, 0.2) is 179 Å². The second-order valence-electron chi connectivity index (χ2n) is 18.8. The molecule has 0 aliphatic heterocycles. The van der Waals surface area contributed by atoms with Crippen LogP contribution in [0.1, 0.15) is 75.6 Å². The number of furan rings is 2. The molecule has 10 aromatic carbocycles. The maximum Gasteiger partial charge on any atom is 0.143 e. The average Bonchev–Trinajstić information content (AvgIpc) is 3.92. The lowest BCUT2D eigenvalue weighted by atomic mass is 9.91. The summed E-state index contributed by atoms with van der Waals surface area (Å²) in [4.78, 5) is 4.78. The molecule has 12 aromatic rings. The van der Waals surface area contributed by atoms with Gasteiger partial charge in [-0.25, -0.2) is 0 Å². The van der Waals surface area contributed by atoms with Gasteiger partial charge in [-0.2, -0.15) is 0 Å². The Morgan fingerprint density at radius 3 is 0.971 bits per heavy atom. The van der Waals surface area contributed by atoms with E-state index in [1.807, 2.05) is 0 Å². The lowest BCUT2D eigenvalue weighted by molar-refractivity contribution is 0.672. The summed E-state index contributed by atoms with van der Waals surface area (Å²) in [6, 6.07) is 63.3. The Kier molecular flexibility index (Phi) is 10.6. The number of hydrogen-bond donors (Lipinski definition) is 0. The van der Waals surface area contributed by atoms with Gasteiger partial charge in [0.05, 0.1) is 0 Å². The maximum atomic E-state index is 7.03. The fourth-order valence-corrected chi connectivity index (χ4v) is 11.1. The van der Waals surface area contributed by atoms with Crippen molar-refractivity contribution in [1.82, 2.24) is 0 Å². The first-order chi connectivity index (χ1) is 33.5. The van der Waals surface area contributed by atoms with E-state index in [4.69, 9.17) is 8.83 Å². The van der Waals surface area contributed by atoms with Gasteiger partial charge in [0, 0.05) is 89.3 Å². The Labute approximate surface area is 398 Å². The van der Waals surface area contributed by atoms with E-state index in [1.54, 1.807) is 0 Å². The van der Waals surface area contributed by atoms with Crippen molar-refractivity contribution in [2.24, 2.45) is 0 Å². The monoisotopic (exact) mass is 884 g/mol.